The minimum Gasteiger partial charge on any atom is -0.462 e. The van der Waals surface area contributed by atoms with Crippen LogP contribution in [0.1, 0.15) is 17.3 Å². The Hall–Kier alpha value is -3.59. The van der Waals surface area contributed by atoms with Gasteiger partial charge in [0, 0.05) is 10.4 Å². The molecule has 152 valence electrons. The van der Waals surface area contributed by atoms with Crippen molar-refractivity contribution >= 4 is 49.2 Å². The van der Waals surface area contributed by atoms with Crippen molar-refractivity contribution in [2.45, 2.75) is 13.5 Å². The minimum absolute atomic E-state index is 0.252. The SMILES string of the molecule is CCOC(=O)c1ccc(NC(=O)Cn2cnc3c(sc4cccc(F)c43)c2=O)cc1. The fraction of sp³-hybridized carbons (Fsp3) is 0.143. The first-order chi connectivity index (χ1) is 14.5. The van der Waals surface area contributed by atoms with E-state index in [9.17, 15) is 18.8 Å². The van der Waals surface area contributed by atoms with Gasteiger partial charge < -0.3 is 10.1 Å². The summed E-state index contributed by atoms with van der Waals surface area (Å²) in [6, 6.07) is 10.8. The van der Waals surface area contributed by atoms with Gasteiger partial charge in [-0.3, -0.25) is 14.2 Å². The van der Waals surface area contributed by atoms with Gasteiger partial charge in [-0.15, -0.1) is 11.3 Å². The molecule has 1 amide bonds. The number of nitrogens with one attached hydrogen (secondary N) is 1. The van der Waals surface area contributed by atoms with Gasteiger partial charge in [-0.1, -0.05) is 6.07 Å². The highest BCUT2D eigenvalue weighted by Gasteiger charge is 2.16. The number of anilines is 1. The first kappa shape index (κ1) is 19.7. The number of thiophene rings is 1. The van der Waals surface area contributed by atoms with E-state index in [2.05, 4.69) is 10.3 Å². The number of benzene rings is 2. The van der Waals surface area contributed by atoms with Crippen LogP contribution >= 0.6 is 11.3 Å². The molecule has 0 spiro atoms. The van der Waals surface area contributed by atoms with E-state index < -0.39 is 23.3 Å². The van der Waals surface area contributed by atoms with Crippen LogP contribution < -0.4 is 10.9 Å². The zero-order valence-corrected chi connectivity index (χ0v) is 16.7. The van der Waals surface area contributed by atoms with Crippen LogP contribution in [0.3, 0.4) is 0 Å². The molecule has 4 rings (SSSR count). The van der Waals surface area contributed by atoms with Crippen molar-refractivity contribution in [1.82, 2.24) is 9.55 Å². The quantitative estimate of drug-likeness (QED) is 0.494. The van der Waals surface area contributed by atoms with Gasteiger partial charge in [0.2, 0.25) is 5.91 Å². The van der Waals surface area contributed by atoms with Crippen molar-refractivity contribution < 1.29 is 18.7 Å². The van der Waals surface area contributed by atoms with E-state index in [0.717, 1.165) is 11.3 Å². The highest BCUT2D eigenvalue weighted by atomic mass is 32.1. The molecule has 0 fully saturated rings. The lowest BCUT2D eigenvalue weighted by atomic mass is 10.2. The summed E-state index contributed by atoms with van der Waals surface area (Å²) in [5.74, 6) is -1.32. The van der Waals surface area contributed by atoms with E-state index in [0.29, 0.717) is 31.6 Å². The smallest absolute Gasteiger partial charge is 0.338 e. The number of fused-ring (bicyclic) bond motifs is 3. The second-order valence-corrected chi connectivity index (χ2v) is 7.47. The van der Waals surface area contributed by atoms with Crippen LogP contribution in [0, 0.1) is 5.82 Å². The van der Waals surface area contributed by atoms with Gasteiger partial charge in [0.1, 0.15) is 17.1 Å². The lowest BCUT2D eigenvalue weighted by Gasteiger charge is -2.08. The molecule has 0 aliphatic carbocycles. The van der Waals surface area contributed by atoms with Crippen molar-refractivity contribution in [2.24, 2.45) is 0 Å². The maximum absolute atomic E-state index is 14.1. The molecule has 7 nitrogen and oxygen atoms in total. The normalized spacial score (nSPS) is 11.0. The van der Waals surface area contributed by atoms with E-state index in [1.807, 2.05) is 0 Å². The summed E-state index contributed by atoms with van der Waals surface area (Å²) in [6.07, 6.45) is 1.24. The van der Waals surface area contributed by atoms with Gasteiger partial charge in [0.15, 0.2) is 0 Å². The van der Waals surface area contributed by atoms with Crippen LogP contribution in [-0.4, -0.2) is 28.0 Å². The Morgan fingerprint density at radius 1 is 1.20 bits per heavy atom. The van der Waals surface area contributed by atoms with Gasteiger partial charge in [-0.25, -0.2) is 14.2 Å². The van der Waals surface area contributed by atoms with Gasteiger partial charge in [0.05, 0.1) is 29.4 Å². The highest BCUT2D eigenvalue weighted by molar-refractivity contribution is 7.25. The summed E-state index contributed by atoms with van der Waals surface area (Å²) < 4.78 is 21.1. The molecule has 0 atom stereocenters. The second-order valence-electron chi connectivity index (χ2n) is 6.42. The molecule has 30 heavy (non-hydrogen) atoms. The molecule has 0 aliphatic heterocycles. The molecule has 0 unspecified atom stereocenters. The first-order valence-electron chi connectivity index (χ1n) is 9.11. The first-order valence-corrected chi connectivity index (χ1v) is 9.92. The van der Waals surface area contributed by atoms with Crippen LogP contribution in [-0.2, 0) is 16.1 Å². The molecular formula is C21H16FN3O4S. The Kier molecular flexibility index (Phi) is 5.28. The number of hydrogen-bond acceptors (Lipinski definition) is 6. The molecule has 0 bridgehead atoms. The second kappa shape index (κ2) is 8.03. The summed E-state index contributed by atoms with van der Waals surface area (Å²) in [4.78, 5) is 41.0. The summed E-state index contributed by atoms with van der Waals surface area (Å²) in [5, 5.41) is 2.98. The topological polar surface area (TPSA) is 90.3 Å². The number of halogens is 1. The molecular weight excluding hydrogens is 409 g/mol. The molecule has 0 saturated carbocycles. The standard InChI is InChI=1S/C21H16FN3O4S/c1-2-29-21(28)12-6-8-13(9-7-12)24-16(26)10-25-11-23-18-17-14(22)4-3-5-15(17)30-19(18)20(25)27/h3-9,11H,2,10H2,1H3,(H,24,26). The molecule has 2 heterocycles. The Morgan fingerprint density at radius 3 is 2.70 bits per heavy atom. The third kappa shape index (κ3) is 3.67. The van der Waals surface area contributed by atoms with Gasteiger partial charge in [-0.2, -0.15) is 0 Å². The molecule has 4 aromatic rings. The average Bonchev–Trinajstić information content (AvgIpc) is 3.11. The van der Waals surface area contributed by atoms with E-state index >= 15 is 0 Å². The Balaban J connectivity index is 1.54. The molecule has 0 aliphatic rings. The zero-order valence-electron chi connectivity index (χ0n) is 15.8. The van der Waals surface area contributed by atoms with Crippen molar-refractivity contribution in [2.75, 3.05) is 11.9 Å². The lowest BCUT2D eigenvalue weighted by Crippen LogP contribution is -2.27. The number of ether oxygens (including phenoxy) is 1. The fourth-order valence-corrected chi connectivity index (χ4v) is 4.16. The maximum Gasteiger partial charge on any atom is 0.338 e. The van der Waals surface area contributed by atoms with Crippen LogP contribution in [0.15, 0.2) is 53.6 Å². The van der Waals surface area contributed by atoms with Gasteiger partial charge in [-0.05, 0) is 43.3 Å². The van der Waals surface area contributed by atoms with Crippen LogP contribution in [0.25, 0.3) is 20.3 Å². The Bertz CT molecular complexity index is 1330. The monoisotopic (exact) mass is 425 g/mol. The molecule has 9 heteroatoms. The van der Waals surface area contributed by atoms with Crippen LogP contribution in [0.2, 0.25) is 0 Å². The van der Waals surface area contributed by atoms with Crippen molar-refractivity contribution in [3.63, 3.8) is 0 Å². The highest BCUT2D eigenvalue weighted by Crippen LogP contribution is 2.31. The molecule has 2 aromatic heterocycles. The fourth-order valence-electron chi connectivity index (χ4n) is 3.04. The number of nitrogens with zero attached hydrogens (tertiary/aromatic N) is 2. The van der Waals surface area contributed by atoms with Crippen LogP contribution in [0.4, 0.5) is 10.1 Å². The predicted molar refractivity (Wildman–Crippen MR) is 112 cm³/mol. The summed E-state index contributed by atoms with van der Waals surface area (Å²) >= 11 is 1.14. The number of rotatable bonds is 5. The number of aromatic nitrogens is 2. The predicted octanol–water partition coefficient (Wildman–Crippen LogP) is 3.57. The van der Waals surface area contributed by atoms with Crippen molar-refractivity contribution in [3.8, 4) is 0 Å². The summed E-state index contributed by atoms with van der Waals surface area (Å²) in [5.41, 5.74) is 0.731. The zero-order chi connectivity index (χ0) is 21.3. The summed E-state index contributed by atoms with van der Waals surface area (Å²) in [6.45, 7) is 1.74. The Morgan fingerprint density at radius 2 is 1.97 bits per heavy atom. The van der Waals surface area contributed by atoms with Gasteiger partial charge >= 0.3 is 5.97 Å². The molecule has 2 aromatic carbocycles. The van der Waals surface area contributed by atoms with Crippen molar-refractivity contribution in [3.05, 3.63) is 70.5 Å². The average molecular weight is 425 g/mol. The third-order valence-corrected chi connectivity index (χ3v) is 5.55. The van der Waals surface area contributed by atoms with E-state index in [1.54, 1.807) is 43.3 Å². The minimum atomic E-state index is -0.443. The molecule has 0 saturated heterocycles. The third-order valence-electron chi connectivity index (χ3n) is 4.41. The number of hydrogen-bond donors (Lipinski definition) is 1. The van der Waals surface area contributed by atoms with E-state index in [1.165, 1.54) is 17.0 Å². The number of carbonyl (C=O) groups excluding carboxylic acids is 2. The Labute approximate surface area is 173 Å². The van der Waals surface area contributed by atoms with E-state index in [4.69, 9.17) is 4.74 Å². The van der Waals surface area contributed by atoms with Gasteiger partial charge in [0.25, 0.3) is 5.56 Å². The molecule has 1 N–H and O–H groups in total. The van der Waals surface area contributed by atoms with Crippen molar-refractivity contribution in [1.29, 1.82) is 0 Å². The number of amides is 1. The van der Waals surface area contributed by atoms with E-state index in [-0.39, 0.29) is 13.2 Å². The lowest BCUT2D eigenvalue weighted by molar-refractivity contribution is -0.116. The number of esters is 1. The molecule has 0 radical (unpaired) electrons. The maximum atomic E-state index is 14.1. The number of carbonyl (C=O) groups is 2. The van der Waals surface area contributed by atoms with Crippen LogP contribution in [0.5, 0.6) is 0 Å². The summed E-state index contributed by atoms with van der Waals surface area (Å²) in [7, 11) is 0. The largest absolute Gasteiger partial charge is 0.462 e.